The fourth-order valence-corrected chi connectivity index (χ4v) is 5.07. The molecule has 0 saturated heterocycles. The van der Waals surface area contributed by atoms with Crippen LogP contribution in [0.1, 0.15) is 37.6 Å². The molecule has 0 unspecified atom stereocenters. The Morgan fingerprint density at radius 1 is 0.881 bits per heavy atom. The predicted octanol–water partition coefficient (Wildman–Crippen LogP) is 8.72. The number of fused-ring (bicyclic) bond motifs is 1. The molecule has 0 bridgehead atoms. The van der Waals surface area contributed by atoms with E-state index in [0.29, 0.717) is 0 Å². The van der Waals surface area contributed by atoms with Crippen LogP contribution in [0.5, 0.6) is 0 Å². The quantitative estimate of drug-likeness (QED) is 0.170. The minimum Gasteiger partial charge on any atom is -0.367 e. The minimum atomic E-state index is -0.285. The van der Waals surface area contributed by atoms with Gasteiger partial charge in [0, 0.05) is 38.5 Å². The molecule has 2 heterocycles. The van der Waals surface area contributed by atoms with Crippen molar-refractivity contribution in [3.63, 3.8) is 0 Å². The Labute approximate surface area is 261 Å². The van der Waals surface area contributed by atoms with Crippen LogP contribution in [-0.4, -0.2) is 19.3 Å². The zero-order valence-electron chi connectivity index (χ0n) is 24.9. The molecule has 42 heavy (non-hydrogen) atoms. The summed E-state index contributed by atoms with van der Waals surface area (Å²) in [5.41, 5.74) is 10.2. The number of rotatable bonds is 4. The standard InChI is InChI=1S/C22H25N2.C14H10FN2.Ir/c1-16-11-17(2)13-18(12-16)20-15-23-24(19-9-7-6-8-10-19)21(20)14-22(3,4)5;1-17-13-5-3-2-4-12(13)16-14(17)10-6-8-11(15)9-7-10;/h6-9,11-13,15H,14H2,1-5H3;2-6,8-9H,1H3;/q2*-1;. The zero-order chi connectivity index (χ0) is 29.1. The molecule has 6 rings (SSSR count). The van der Waals surface area contributed by atoms with E-state index >= 15 is 0 Å². The van der Waals surface area contributed by atoms with Gasteiger partial charge in [-0.3, -0.25) is 14.1 Å². The molecule has 0 fully saturated rings. The van der Waals surface area contributed by atoms with E-state index in [2.05, 4.69) is 76.0 Å². The van der Waals surface area contributed by atoms with Crippen molar-refractivity contribution in [2.75, 3.05) is 0 Å². The van der Waals surface area contributed by atoms with E-state index in [4.69, 9.17) is 5.10 Å². The summed E-state index contributed by atoms with van der Waals surface area (Å²) in [6, 6.07) is 33.3. The molecule has 0 saturated carbocycles. The van der Waals surface area contributed by atoms with Gasteiger partial charge in [-0.2, -0.15) is 29.4 Å². The number of aromatic nitrogens is 4. The topological polar surface area (TPSA) is 35.6 Å². The first-order valence-corrected chi connectivity index (χ1v) is 13.8. The second kappa shape index (κ2) is 13.0. The van der Waals surface area contributed by atoms with Crippen LogP contribution in [0.2, 0.25) is 0 Å². The van der Waals surface area contributed by atoms with Gasteiger partial charge in [-0.15, -0.1) is 35.9 Å². The number of hydrogen-bond donors (Lipinski definition) is 0. The van der Waals surface area contributed by atoms with Crippen molar-refractivity contribution in [3.05, 3.63) is 126 Å². The molecule has 6 aromatic rings. The summed E-state index contributed by atoms with van der Waals surface area (Å²) < 4.78 is 16.9. The second-order valence-electron chi connectivity index (χ2n) is 11.7. The van der Waals surface area contributed by atoms with Crippen molar-refractivity contribution in [1.29, 1.82) is 0 Å². The van der Waals surface area contributed by atoms with Gasteiger partial charge in [0.15, 0.2) is 0 Å². The molecule has 4 nitrogen and oxygen atoms in total. The molecular weight excluding hydrogens is 700 g/mol. The predicted molar refractivity (Wildman–Crippen MR) is 165 cm³/mol. The molecule has 2 aromatic heterocycles. The average Bonchev–Trinajstić information content (AvgIpc) is 3.49. The summed E-state index contributed by atoms with van der Waals surface area (Å²) in [4.78, 5) is 4.52. The monoisotopic (exact) mass is 735 g/mol. The number of imidazole rings is 1. The number of nitrogens with zero attached hydrogens (tertiary/aromatic N) is 4. The van der Waals surface area contributed by atoms with Crippen LogP contribution in [0.3, 0.4) is 0 Å². The van der Waals surface area contributed by atoms with Gasteiger partial charge < -0.3 is 4.57 Å². The van der Waals surface area contributed by atoms with E-state index in [0.717, 1.165) is 34.5 Å². The number of benzene rings is 4. The van der Waals surface area contributed by atoms with Gasteiger partial charge in [-0.25, -0.2) is 0 Å². The number of hydrogen-bond acceptors (Lipinski definition) is 2. The third-order valence-electron chi connectivity index (χ3n) is 6.82. The van der Waals surface area contributed by atoms with Gasteiger partial charge in [0.05, 0.1) is 28.7 Å². The third-order valence-corrected chi connectivity index (χ3v) is 6.82. The Kier molecular flexibility index (Phi) is 9.60. The first-order valence-electron chi connectivity index (χ1n) is 13.8. The SMILES string of the molecule is Cc1cc(C)cc(-c2cnn(-c3[c-]cccc3)c2CC(C)(C)C)c1.Cn1c(-c2[c-]cc(F)cc2)nc2ccccc21.[Ir]. The van der Waals surface area contributed by atoms with E-state index < -0.39 is 0 Å². The smallest absolute Gasteiger partial charge is 0.0770 e. The Morgan fingerprint density at radius 3 is 2.21 bits per heavy atom. The van der Waals surface area contributed by atoms with E-state index in [1.807, 2.05) is 65.0 Å². The molecule has 0 aliphatic rings. The van der Waals surface area contributed by atoms with Crippen LogP contribution in [-0.2, 0) is 33.6 Å². The van der Waals surface area contributed by atoms with Gasteiger partial charge in [0.2, 0.25) is 0 Å². The Balaban J connectivity index is 0.000000198. The number of aryl methyl sites for hydroxylation is 3. The first kappa shape index (κ1) is 31.1. The molecule has 0 amide bonds. The molecular formula is C36H35FIrN4-2. The molecule has 4 aromatic carbocycles. The maximum atomic E-state index is 12.8. The summed E-state index contributed by atoms with van der Waals surface area (Å²) in [5, 5.41) is 4.69. The van der Waals surface area contributed by atoms with Crippen molar-refractivity contribution < 1.29 is 24.5 Å². The maximum Gasteiger partial charge on any atom is 0.0770 e. The Hall–Kier alpha value is -3.86. The largest absolute Gasteiger partial charge is 0.367 e. The summed E-state index contributed by atoms with van der Waals surface area (Å²) in [7, 11) is 1.95. The van der Waals surface area contributed by atoms with Gasteiger partial charge in [0.25, 0.3) is 0 Å². The summed E-state index contributed by atoms with van der Waals surface area (Å²) in [6.07, 6.45) is 2.95. The van der Waals surface area contributed by atoms with Crippen LogP contribution in [0, 0.1) is 37.2 Å². The molecule has 0 spiro atoms. The number of halogens is 1. The Morgan fingerprint density at radius 2 is 1.60 bits per heavy atom. The molecule has 0 N–H and O–H groups in total. The van der Waals surface area contributed by atoms with Crippen molar-refractivity contribution in [1.82, 2.24) is 19.3 Å². The average molecular weight is 735 g/mol. The van der Waals surface area contributed by atoms with Crippen LogP contribution < -0.4 is 0 Å². The van der Waals surface area contributed by atoms with Crippen molar-refractivity contribution in [3.8, 4) is 28.2 Å². The first-order chi connectivity index (χ1) is 19.6. The number of para-hydroxylation sites is 3. The van der Waals surface area contributed by atoms with E-state index in [9.17, 15) is 4.39 Å². The third kappa shape index (κ3) is 7.12. The summed E-state index contributed by atoms with van der Waals surface area (Å²) >= 11 is 0. The van der Waals surface area contributed by atoms with Crippen LogP contribution in [0.15, 0.2) is 91.1 Å². The van der Waals surface area contributed by atoms with Crippen LogP contribution in [0.4, 0.5) is 4.39 Å². The molecule has 217 valence electrons. The van der Waals surface area contributed by atoms with Crippen LogP contribution >= 0.6 is 0 Å². The molecule has 0 atom stereocenters. The van der Waals surface area contributed by atoms with E-state index in [1.54, 1.807) is 6.07 Å². The molecule has 6 heteroatoms. The summed E-state index contributed by atoms with van der Waals surface area (Å²) in [5.74, 6) is 0.513. The van der Waals surface area contributed by atoms with Gasteiger partial charge in [-0.1, -0.05) is 62.2 Å². The van der Waals surface area contributed by atoms with Crippen molar-refractivity contribution in [2.24, 2.45) is 12.5 Å². The molecule has 1 radical (unpaired) electrons. The van der Waals surface area contributed by atoms with Gasteiger partial charge in [-0.05, 0) is 49.1 Å². The van der Waals surface area contributed by atoms with Crippen molar-refractivity contribution >= 4 is 11.0 Å². The minimum absolute atomic E-state index is 0. The zero-order valence-corrected chi connectivity index (χ0v) is 27.3. The van der Waals surface area contributed by atoms with Gasteiger partial charge >= 0.3 is 0 Å². The van der Waals surface area contributed by atoms with Crippen molar-refractivity contribution in [2.45, 2.75) is 41.0 Å². The van der Waals surface area contributed by atoms with Crippen LogP contribution in [0.25, 0.3) is 39.2 Å². The maximum absolute atomic E-state index is 12.8. The summed E-state index contributed by atoms with van der Waals surface area (Å²) in [6.45, 7) is 11.1. The fraction of sp³-hybridized carbons (Fsp3) is 0.222. The van der Waals surface area contributed by atoms with E-state index in [1.165, 1.54) is 40.1 Å². The normalized spacial score (nSPS) is 11.1. The fourth-order valence-electron chi connectivity index (χ4n) is 5.07. The Bertz CT molecular complexity index is 1760. The second-order valence-corrected chi connectivity index (χ2v) is 11.7. The molecule has 0 aliphatic heterocycles. The van der Waals surface area contributed by atoms with Gasteiger partial charge in [0.1, 0.15) is 0 Å². The van der Waals surface area contributed by atoms with E-state index in [-0.39, 0.29) is 31.3 Å². The molecule has 0 aliphatic carbocycles.